The summed E-state index contributed by atoms with van der Waals surface area (Å²) in [5.74, 6) is 0.0661. The van der Waals surface area contributed by atoms with Crippen molar-refractivity contribution in [3.05, 3.63) is 41.7 Å². The first-order valence-electron chi connectivity index (χ1n) is 8.71. The minimum absolute atomic E-state index is 0.0866. The Kier molecular flexibility index (Phi) is 5.66. The monoisotopic (exact) mass is 372 g/mol. The Balaban J connectivity index is 1.59. The van der Waals surface area contributed by atoms with Gasteiger partial charge in [-0.1, -0.05) is 23.9 Å². The van der Waals surface area contributed by atoms with Crippen LogP contribution in [0.1, 0.15) is 24.0 Å². The van der Waals surface area contributed by atoms with Gasteiger partial charge in [0.2, 0.25) is 11.8 Å². The minimum atomic E-state index is -0.0924. The summed E-state index contributed by atoms with van der Waals surface area (Å²) >= 11 is 1.38. The van der Waals surface area contributed by atoms with Crippen molar-refractivity contribution in [2.45, 2.75) is 37.9 Å². The van der Waals surface area contributed by atoms with Gasteiger partial charge >= 0.3 is 0 Å². The highest BCUT2D eigenvalue weighted by atomic mass is 32.2. The van der Waals surface area contributed by atoms with E-state index >= 15 is 0 Å². The maximum atomic E-state index is 12.3. The number of nitrogens with zero attached hydrogens (tertiary/aromatic N) is 3. The van der Waals surface area contributed by atoms with Crippen molar-refractivity contribution in [3.63, 3.8) is 0 Å². The fourth-order valence-corrected chi connectivity index (χ4v) is 3.52. The number of rotatable bonds is 7. The Morgan fingerprint density at radius 1 is 1.35 bits per heavy atom. The Hall–Kier alpha value is -2.28. The van der Waals surface area contributed by atoms with Gasteiger partial charge in [0.1, 0.15) is 0 Å². The van der Waals surface area contributed by atoms with Gasteiger partial charge in [0, 0.05) is 25.5 Å². The van der Waals surface area contributed by atoms with E-state index in [4.69, 9.17) is 0 Å². The van der Waals surface area contributed by atoms with Crippen LogP contribution in [0, 0.1) is 13.8 Å². The topological polar surface area (TPSA) is 67.2 Å². The second kappa shape index (κ2) is 7.95. The maximum absolute atomic E-state index is 12.3. The quantitative estimate of drug-likeness (QED) is 0.758. The zero-order valence-electron chi connectivity index (χ0n) is 15.4. The number of carbonyl (C=O) groups excluding carboxylic acids is 2. The molecule has 26 heavy (non-hydrogen) atoms. The Morgan fingerprint density at radius 3 is 2.85 bits per heavy atom. The highest BCUT2D eigenvalue weighted by molar-refractivity contribution is 7.99. The number of aromatic nitrogens is 2. The van der Waals surface area contributed by atoms with E-state index in [1.54, 1.807) is 13.2 Å². The van der Waals surface area contributed by atoms with Gasteiger partial charge in [0.25, 0.3) is 0 Å². The highest BCUT2D eigenvalue weighted by Gasteiger charge is 2.24. The minimum Gasteiger partial charge on any atom is -0.352 e. The Morgan fingerprint density at radius 2 is 2.12 bits per heavy atom. The normalized spacial score (nSPS) is 13.5. The molecule has 1 aromatic carbocycles. The number of thioether (sulfide) groups is 1. The average Bonchev–Trinajstić information content (AvgIpc) is 3.29. The zero-order valence-corrected chi connectivity index (χ0v) is 16.2. The predicted octanol–water partition coefficient (Wildman–Crippen LogP) is 2.32. The Bertz CT molecular complexity index is 814. The lowest BCUT2D eigenvalue weighted by Crippen LogP contribution is -2.39. The molecule has 0 atom stereocenters. The largest absolute Gasteiger partial charge is 0.352 e. The molecule has 1 aliphatic rings. The summed E-state index contributed by atoms with van der Waals surface area (Å²) in [6.45, 7) is 4.26. The van der Waals surface area contributed by atoms with Crippen LogP contribution in [-0.2, 0) is 9.59 Å². The van der Waals surface area contributed by atoms with Gasteiger partial charge in [-0.05, 0) is 43.9 Å². The lowest BCUT2D eigenvalue weighted by molar-refractivity contribution is -0.132. The molecule has 0 aliphatic heterocycles. The van der Waals surface area contributed by atoms with Gasteiger partial charge < -0.3 is 10.2 Å². The van der Waals surface area contributed by atoms with E-state index in [9.17, 15) is 9.59 Å². The second-order valence-corrected chi connectivity index (χ2v) is 7.62. The molecule has 1 N–H and O–H groups in total. The summed E-state index contributed by atoms with van der Waals surface area (Å²) in [5, 5.41) is 3.66. The molecule has 2 aromatic rings. The zero-order chi connectivity index (χ0) is 18.7. The molecule has 0 bridgehead atoms. The lowest BCUT2D eigenvalue weighted by atomic mass is 10.1. The summed E-state index contributed by atoms with van der Waals surface area (Å²) in [6, 6.07) is 6.45. The van der Waals surface area contributed by atoms with Crippen LogP contribution >= 0.6 is 11.8 Å². The second-order valence-electron chi connectivity index (χ2n) is 6.68. The van der Waals surface area contributed by atoms with Crippen LogP contribution in [0.3, 0.4) is 0 Å². The SMILES string of the molecule is Cc1cccc(-n2ccnc2SCC(=O)N(C)CC(=O)NC2CC2)c1C. The van der Waals surface area contributed by atoms with Crippen LogP contribution in [0.25, 0.3) is 5.69 Å². The van der Waals surface area contributed by atoms with Crippen molar-refractivity contribution in [3.8, 4) is 5.69 Å². The number of nitrogens with one attached hydrogen (secondary N) is 1. The molecule has 1 fully saturated rings. The average molecular weight is 372 g/mol. The molecular weight excluding hydrogens is 348 g/mol. The fraction of sp³-hybridized carbons (Fsp3) is 0.421. The van der Waals surface area contributed by atoms with E-state index in [1.807, 2.05) is 22.9 Å². The molecule has 0 spiro atoms. The van der Waals surface area contributed by atoms with E-state index in [0.717, 1.165) is 23.7 Å². The smallest absolute Gasteiger partial charge is 0.239 e. The third-order valence-corrected chi connectivity index (χ3v) is 5.47. The molecule has 0 saturated heterocycles. The molecule has 138 valence electrons. The van der Waals surface area contributed by atoms with E-state index < -0.39 is 0 Å². The van der Waals surface area contributed by atoms with Crippen molar-refractivity contribution >= 4 is 23.6 Å². The van der Waals surface area contributed by atoms with Crippen molar-refractivity contribution in [2.75, 3.05) is 19.3 Å². The molecule has 2 amide bonds. The van der Waals surface area contributed by atoms with Crippen LogP contribution in [0.4, 0.5) is 0 Å². The van der Waals surface area contributed by atoms with Gasteiger partial charge in [-0.3, -0.25) is 14.2 Å². The van der Waals surface area contributed by atoms with Crippen molar-refractivity contribution in [1.82, 2.24) is 19.8 Å². The summed E-state index contributed by atoms with van der Waals surface area (Å²) in [5.41, 5.74) is 3.46. The molecule has 1 heterocycles. The van der Waals surface area contributed by atoms with Crippen LogP contribution in [0.5, 0.6) is 0 Å². The van der Waals surface area contributed by atoms with Crippen molar-refractivity contribution < 1.29 is 9.59 Å². The van der Waals surface area contributed by atoms with Crippen molar-refractivity contribution in [2.24, 2.45) is 0 Å². The van der Waals surface area contributed by atoms with Crippen LogP contribution in [0.15, 0.2) is 35.7 Å². The van der Waals surface area contributed by atoms with Gasteiger partial charge in [-0.15, -0.1) is 0 Å². The summed E-state index contributed by atoms with van der Waals surface area (Å²) in [7, 11) is 1.66. The number of likely N-dealkylation sites (N-methyl/N-ethyl adjacent to an activating group) is 1. The predicted molar refractivity (Wildman–Crippen MR) is 103 cm³/mol. The number of amides is 2. The summed E-state index contributed by atoms with van der Waals surface area (Å²) in [6.07, 6.45) is 5.73. The fourth-order valence-electron chi connectivity index (χ4n) is 2.62. The van der Waals surface area contributed by atoms with Crippen LogP contribution < -0.4 is 5.32 Å². The molecule has 0 unspecified atom stereocenters. The van der Waals surface area contributed by atoms with E-state index in [2.05, 4.69) is 30.2 Å². The van der Waals surface area contributed by atoms with Crippen LogP contribution in [-0.4, -0.2) is 51.7 Å². The standard InChI is InChI=1S/C19H24N4O2S/c1-13-5-4-6-16(14(13)2)23-10-9-20-19(23)26-12-18(25)22(3)11-17(24)21-15-7-8-15/h4-6,9-10,15H,7-8,11-12H2,1-3H3,(H,21,24). The first-order valence-corrected chi connectivity index (χ1v) is 9.70. The number of imidazole rings is 1. The third kappa shape index (κ3) is 4.46. The molecule has 6 nitrogen and oxygen atoms in total. The number of carbonyl (C=O) groups is 2. The van der Waals surface area contributed by atoms with Gasteiger partial charge in [-0.25, -0.2) is 4.98 Å². The number of benzene rings is 1. The lowest BCUT2D eigenvalue weighted by Gasteiger charge is -2.17. The first kappa shape index (κ1) is 18.5. The molecule has 7 heteroatoms. The van der Waals surface area contributed by atoms with E-state index in [0.29, 0.717) is 6.04 Å². The van der Waals surface area contributed by atoms with E-state index in [-0.39, 0.29) is 24.1 Å². The highest BCUT2D eigenvalue weighted by Crippen LogP contribution is 2.24. The molecular formula is C19H24N4O2S. The van der Waals surface area contributed by atoms with Gasteiger partial charge in [0.15, 0.2) is 5.16 Å². The van der Waals surface area contributed by atoms with E-state index in [1.165, 1.54) is 27.8 Å². The molecule has 0 radical (unpaired) electrons. The number of hydrogen-bond donors (Lipinski definition) is 1. The third-order valence-electron chi connectivity index (χ3n) is 4.52. The number of aryl methyl sites for hydroxylation is 1. The van der Waals surface area contributed by atoms with Crippen molar-refractivity contribution in [1.29, 1.82) is 0 Å². The molecule has 1 saturated carbocycles. The summed E-state index contributed by atoms with van der Waals surface area (Å²) < 4.78 is 2.00. The molecule has 1 aliphatic carbocycles. The van der Waals surface area contributed by atoms with Gasteiger partial charge in [-0.2, -0.15) is 0 Å². The molecule has 3 rings (SSSR count). The summed E-state index contributed by atoms with van der Waals surface area (Å²) in [4.78, 5) is 30.0. The first-order chi connectivity index (χ1) is 12.5. The van der Waals surface area contributed by atoms with Gasteiger partial charge in [0.05, 0.1) is 18.0 Å². The number of hydrogen-bond acceptors (Lipinski definition) is 4. The molecule has 1 aromatic heterocycles. The van der Waals surface area contributed by atoms with Crippen LogP contribution in [0.2, 0.25) is 0 Å². The Labute approximate surface area is 158 Å². The maximum Gasteiger partial charge on any atom is 0.239 e.